The number of carbonyl (C=O) groups is 1. The molecule has 1 fully saturated rings. The molecule has 1 aliphatic carbocycles. The van der Waals surface area contributed by atoms with E-state index in [2.05, 4.69) is 11.9 Å². The molecule has 84 valence electrons. The summed E-state index contributed by atoms with van der Waals surface area (Å²) in [6.45, 7) is 4.62. The smallest absolute Gasteiger partial charge is 0.142 e. The number of allylic oxidation sites excluding steroid dienone is 2. The number of rotatable bonds is 9. The Balaban J connectivity index is 1.88. The number of unbranched alkanes of at least 4 members (excludes halogenated alkanes) is 2. The van der Waals surface area contributed by atoms with Crippen molar-refractivity contribution >= 4 is 6.29 Å². The Labute approximate surface area is 92.4 Å². The topological polar surface area (TPSA) is 29.1 Å². The average molecular weight is 207 g/mol. The Morgan fingerprint density at radius 1 is 1.40 bits per heavy atom. The Kier molecular flexibility index (Phi) is 6.02. The van der Waals surface area contributed by atoms with Gasteiger partial charge in [-0.2, -0.15) is 0 Å². The summed E-state index contributed by atoms with van der Waals surface area (Å²) in [5.41, 5.74) is 0. The molecule has 1 N–H and O–H groups in total. The van der Waals surface area contributed by atoms with Gasteiger partial charge in [0.15, 0.2) is 0 Å². The first-order valence-electron chi connectivity index (χ1n) is 5.83. The molecule has 15 heavy (non-hydrogen) atoms. The van der Waals surface area contributed by atoms with E-state index in [-0.39, 0.29) is 0 Å². The summed E-state index contributed by atoms with van der Waals surface area (Å²) in [6.07, 6.45) is 12.5. The van der Waals surface area contributed by atoms with E-state index in [1.807, 2.05) is 12.2 Å². The van der Waals surface area contributed by atoms with Crippen LogP contribution in [0, 0.1) is 5.92 Å². The summed E-state index contributed by atoms with van der Waals surface area (Å²) >= 11 is 0. The minimum Gasteiger partial charge on any atom is -0.310 e. The van der Waals surface area contributed by atoms with Gasteiger partial charge in [0.2, 0.25) is 0 Å². The van der Waals surface area contributed by atoms with Crippen LogP contribution in [0.3, 0.4) is 0 Å². The molecule has 0 amide bonds. The van der Waals surface area contributed by atoms with Crippen molar-refractivity contribution in [3.63, 3.8) is 0 Å². The van der Waals surface area contributed by atoms with Crippen LogP contribution in [0.4, 0.5) is 0 Å². The summed E-state index contributed by atoms with van der Waals surface area (Å²) < 4.78 is 0. The molecule has 2 nitrogen and oxygen atoms in total. The van der Waals surface area contributed by atoms with Crippen LogP contribution in [-0.2, 0) is 4.79 Å². The zero-order chi connectivity index (χ0) is 10.9. The van der Waals surface area contributed by atoms with Gasteiger partial charge < -0.3 is 5.32 Å². The van der Waals surface area contributed by atoms with E-state index in [0.717, 1.165) is 31.2 Å². The fourth-order valence-electron chi connectivity index (χ4n) is 1.87. The number of nitrogens with one attached hydrogen (secondary N) is 1. The van der Waals surface area contributed by atoms with Crippen LogP contribution in [0.5, 0.6) is 0 Å². The van der Waals surface area contributed by atoms with Crippen molar-refractivity contribution < 1.29 is 4.79 Å². The molecule has 1 aliphatic rings. The summed E-state index contributed by atoms with van der Waals surface area (Å²) in [4.78, 5) is 10.00. The van der Waals surface area contributed by atoms with Gasteiger partial charge in [-0.25, -0.2) is 0 Å². The lowest BCUT2D eigenvalue weighted by molar-refractivity contribution is -0.104. The van der Waals surface area contributed by atoms with Crippen molar-refractivity contribution in [1.82, 2.24) is 5.32 Å². The number of aldehydes is 1. The molecule has 2 unspecified atom stereocenters. The van der Waals surface area contributed by atoms with Gasteiger partial charge in [-0.3, -0.25) is 4.79 Å². The first-order chi connectivity index (χ1) is 7.38. The fourth-order valence-corrected chi connectivity index (χ4v) is 1.87. The van der Waals surface area contributed by atoms with Gasteiger partial charge in [-0.15, -0.1) is 6.58 Å². The summed E-state index contributed by atoms with van der Waals surface area (Å²) in [7, 11) is 0. The molecule has 0 aliphatic heterocycles. The highest BCUT2D eigenvalue weighted by Crippen LogP contribution is 2.35. The second-order valence-corrected chi connectivity index (χ2v) is 4.15. The first kappa shape index (κ1) is 12.2. The van der Waals surface area contributed by atoms with Crippen molar-refractivity contribution in [2.75, 3.05) is 6.54 Å². The molecule has 2 atom stereocenters. The predicted octanol–water partition coefficient (Wildman–Crippen LogP) is 2.47. The van der Waals surface area contributed by atoms with Crippen LogP contribution in [0.2, 0.25) is 0 Å². The third kappa shape index (κ3) is 5.53. The molecular weight excluding hydrogens is 186 g/mol. The van der Waals surface area contributed by atoms with E-state index in [9.17, 15) is 4.79 Å². The highest BCUT2D eigenvalue weighted by Gasteiger charge is 2.34. The fraction of sp³-hybridized carbons (Fsp3) is 0.615. The zero-order valence-corrected chi connectivity index (χ0v) is 9.32. The highest BCUT2D eigenvalue weighted by atomic mass is 16.1. The SMILES string of the molecule is C=CCNC1CC1CCCC/C=C/C=O. The maximum Gasteiger partial charge on any atom is 0.142 e. The molecular formula is C13H21NO. The van der Waals surface area contributed by atoms with E-state index >= 15 is 0 Å². The third-order valence-electron chi connectivity index (χ3n) is 2.86. The number of hydrogen-bond donors (Lipinski definition) is 1. The Morgan fingerprint density at radius 2 is 2.27 bits per heavy atom. The van der Waals surface area contributed by atoms with Crippen LogP contribution in [0.15, 0.2) is 24.8 Å². The normalized spacial score (nSPS) is 24.3. The number of carbonyl (C=O) groups excluding carboxylic acids is 1. The second-order valence-electron chi connectivity index (χ2n) is 4.15. The summed E-state index contributed by atoms with van der Waals surface area (Å²) in [6, 6.07) is 0.744. The lowest BCUT2D eigenvalue weighted by atomic mass is 10.1. The largest absolute Gasteiger partial charge is 0.310 e. The summed E-state index contributed by atoms with van der Waals surface area (Å²) in [5.74, 6) is 0.889. The monoisotopic (exact) mass is 207 g/mol. The van der Waals surface area contributed by atoms with Crippen LogP contribution in [0.1, 0.15) is 32.1 Å². The Hall–Kier alpha value is -0.890. The maximum atomic E-state index is 10.00. The van der Waals surface area contributed by atoms with Crippen LogP contribution < -0.4 is 5.32 Å². The van der Waals surface area contributed by atoms with Crippen molar-refractivity contribution in [2.24, 2.45) is 5.92 Å². The van der Waals surface area contributed by atoms with Crippen LogP contribution in [-0.4, -0.2) is 18.9 Å². The summed E-state index contributed by atoms with van der Waals surface area (Å²) in [5, 5.41) is 3.44. The predicted molar refractivity (Wildman–Crippen MR) is 63.8 cm³/mol. The van der Waals surface area contributed by atoms with Gasteiger partial charge in [-0.1, -0.05) is 18.6 Å². The Morgan fingerprint density at radius 3 is 3.00 bits per heavy atom. The highest BCUT2D eigenvalue weighted by molar-refractivity contribution is 5.64. The molecule has 0 aromatic heterocycles. The van der Waals surface area contributed by atoms with E-state index in [4.69, 9.17) is 0 Å². The molecule has 1 saturated carbocycles. The molecule has 0 aromatic carbocycles. The van der Waals surface area contributed by atoms with Gasteiger partial charge in [0, 0.05) is 12.6 Å². The van der Waals surface area contributed by atoms with Crippen molar-refractivity contribution in [1.29, 1.82) is 0 Å². The van der Waals surface area contributed by atoms with Crippen molar-refractivity contribution in [3.8, 4) is 0 Å². The van der Waals surface area contributed by atoms with Crippen LogP contribution >= 0.6 is 0 Å². The molecule has 0 bridgehead atoms. The number of hydrogen-bond acceptors (Lipinski definition) is 2. The lowest BCUT2D eigenvalue weighted by Gasteiger charge is -2.00. The van der Waals surface area contributed by atoms with Gasteiger partial charge in [0.25, 0.3) is 0 Å². The van der Waals surface area contributed by atoms with Gasteiger partial charge >= 0.3 is 0 Å². The minimum absolute atomic E-state index is 0.744. The molecule has 2 heteroatoms. The van der Waals surface area contributed by atoms with Gasteiger partial charge in [0.05, 0.1) is 0 Å². The second kappa shape index (κ2) is 7.41. The van der Waals surface area contributed by atoms with Gasteiger partial charge in [-0.05, 0) is 37.7 Å². The molecule has 0 aromatic rings. The molecule has 0 radical (unpaired) electrons. The van der Waals surface area contributed by atoms with E-state index < -0.39 is 0 Å². The van der Waals surface area contributed by atoms with Crippen molar-refractivity contribution in [3.05, 3.63) is 24.8 Å². The molecule has 0 spiro atoms. The van der Waals surface area contributed by atoms with E-state index in [1.54, 1.807) is 6.08 Å². The average Bonchev–Trinajstić information content (AvgIpc) is 2.99. The zero-order valence-electron chi connectivity index (χ0n) is 9.32. The molecule has 0 heterocycles. The lowest BCUT2D eigenvalue weighted by Crippen LogP contribution is -2.17. The van der Waals surface area contributed by atoms with E-state index in [1.165, 1.54) is 25.7 Å². The van der Waals surface area contributed by atoms with E-state index in [0.29, 0.717) is 0 Å². The van der Waals surface area contributed by atoms with Crippen LogP contribution in [0.25, 0.3) is 0 Å². The minimum atomic E-state index is 0.744. The standard InChI is InChI=1S/C13H21NO/c1-2-9-14-13-11-12(13)8-6-4-3-5-7-10-15/h2,5,7,10,12-14H,1,3-4,6,8-9,11H2/b7-5+. The first-order valence-corrected chi connectivity index (χ1v) is 5.83. The Bertz CT molecular complexity index is 223. The molecule has 0 saturated heterocycles. The maximum absolute atomic E-state index is 10.00. The quantitative estimate of drug-likeness (QED) is 0.272. The third-order valence-corrected chi connectivity index (χ3v) is 2.86. The van der Waals surface area contributed by atoms with Crippen molar-refractivity contribution in [2.45, 2.75) is 38.1 Å². The van der Waals surface area contributed by atoms with Gasteiger partial charge in [0.1, 0.15) is 6.29 Å². The molecule has 1 rings (SSSR count).